The van der Waals surface area contributed by atoms with Gasteiger partial charge in [-0.05, 0) is 18.2 Å². The van der Waals surface area contributed by atoms with E-state index in [0.717, 1.165) is 6.20 Å². The molecule has 5 rings (SSSR count). The molecule has 0 fully saturated rings. The Morgan fingerprint density at radius 1 is 1.15 bits per heavy atom. The molecule has 4 aromatic rings. The number of pyridine rings is 2. The lowest BCUT2D eigenvalue weighted by Gasteiger charge is -2.17. The molecule has 3 aromatic heterocycles. The van der Waals surface area contributed by atoms with E-state index in [1.165, 1.54) is 14.2 Å². The molecule has 1 aliphatic heterocycles. The molecular formula is C23H19ClFN5O3. The second-order valence-electron chi connectivity index (χ2n) is 7.38. The Kier molecular flexibility index (Phi) is 5.26. The quantitative estimate of drug-likeness (QED) is 0.400. The number of ether oxygens (including phenoxy) is 2. The Hall–Kier alpha value is -3.85. The third-order valence-electron chi connectivity index (χ3n) is 5.50. The summed E-state index contributed by atoms with van der Waals surface area (Å²) in [6.07, 6.45) is 1.69. The van der Waals surface area contributed by atoms with Gasteiger partial charge in [-0.2, -0.15) is 0 Å². The van der Waals surface area contributed by atoms with Crippen molar-refractivity contribution >= 4 is 39.9 Å². The molecule has 1 amide bonds. The minimum Gasteiger partial charge on any atom is -0.493 e. The van der Waals surface area contributed by atoms with Gasteiger partial charge in [0.25, 0.3) is 5.91 Å². The highest BCUT2D eigenvalue weighted by atomic mass is 35.5. The van der Waals surface area contributed by atoms with E-state index >= 15 is 4.39 Å². The van der Waals surface area contributed by atoms with Crippen LogP contribution in [0.2, 0.25) is 5.02 Å². The van der Waals surface area contributed by atoms with E-state index in [2.05, 4.69) is 25.6 Å². The number of carbonyl (C=O) groups excluding carboxylic acids is 1. The van der Waals surface area contributed by atoms with Gasteiger partial charge < -0.3 is 25.1 Å². The predicted octanol–water partition coefficient (Wildman–Crippen LogP) is 4.46. The summed E-state index contributed by atoms with van der Waals surface area (Å²) in [5.41, 5.74) is 3.31. The summed E-state index contributed by atoms with van der Waals surface area (Å²) >= 11 is 6.29. The van der Waals surface area contributed by atoms with Crippen LogP contribution in [0.15, 0.2) is 36.5 Å². The van der Waals surface area contributed by atoms with Gasteiger partial charge in [-0.25, -0.2) is 9.37 Å². The molecule has 3 N–H and O–H groups in total. The van der Waals surface area contributed by atoms with Crippen LogP contribution in [0.25, 0.3) is 22.3 Å². The highest BCUT2D eigenvalue weighted by Crippen LogP contribution is 2.42. The summed E-state index contributed by atoms with van der Waals surface area (Å²) in [6.45, 7) is 0.470. The summed E-state index contributed by atoms with van der Waals surface area (Å²) in [6, 6.07) is 8.56. The highest BCUT2D eigenvalue weighted by molar-refractivity contribution is 6.32. The fraction of sp³-hybridized carbons (Fsp3) is 0.174. The zero-order chi connectivity index (χ0) is 23.1. The maximum atomic E-state index is 15.3. The smallest absolute Gasteiger partial charge is 0.255 e. The standard InChI is InChI=1S/C23H19ClFN5O3/c1-32-16-7-6-14-19(30-16)17(12(25)10-27-14)20-21(18-13(28-20)8-9-26-23(18)31)29-15-5-3-4-11(24)22(15)33-2/h3-7,10,28-29H,8-9H2,1-2H3,(H,26,31). The third kappa shape index (κ3) is 3.50. The van der Waals surface area contributed by atoms with Crippen molar-refractivity contribution in [2.24, 2.45) is 0 Å². The molecule has 168 valence electrons. The number of anilines is 2. The van der Waals surface area contributed by atoms with Gasteiger partial charge in [-0.15, -0.1) is 0 Å². The lowest BCUT2D eigenvalue weighted by Crippen LogP contribution is -2.31. The molecule has 4 heterocycles. The first-order valence-electron chi connectivity index (χ1n) is 10.1. The number of amides is 1. The number of benzene rings is 1. The average molecular weight is 468 g/mol. The molecule has 0 atom stereocenters. The van der Waals surface area contributed by atoms with Crippen LogP contribution in [0.4, 0.5) is 15.8 Å². The Labute approximate surface area is 193 Å². The zero-order valence-corrected chi connectivity index (χ0v) is 18.5. The first-order chi connectivity index (χ1) is 16.0. The van der Waals surface area contributed by atoms with Gasteiger partial charge >= 0.3 is 0 Å². The second kappa shape index (κ2) is 8.25. The molecule has 8 nitrogen and oxygen atoms in total. The zero-order valence-electron chi connectivity index (χ0n) is 17.8. The maximum Gasteiger partial charge on any atom is 0.255 e. The van der Waals surface area contributed by atoms with Crippen LogP contribution in [0.3, 0.4) is 0 Å². The lowest BCUT2D eigenvalue weighted by atomic mass is 10.0. The number of H-pyrrole nitrogens is 1. The van der Waals surface area contributed by atoms with E-state index in [4.69, 9.17) is 21.1 Å². The first-order valence-corrected chi connectivity index (χ1v) is 10.5. The Morgan fingerprint density at radius 3 is 2.79 bits per heavy atom. The molecule has 1 aliphatic rings. The van der Waals surface area contributed by atoms with Crippen LogP contribution in [-0.2, 0) is 6.42 Å². The minimum absolute atomic E-state index is 0.171. The van der Waals surface area contributed by atoms with Crippen molar-refractivity contribution in [3.63, 3.8) is 0 Å². The lowest BCUT2D eigenvalue weighted by molar-refractivity contribution is 0.0947. The highest BCUT2D eigenvalue weighted by Gasteiger charge is 2.30. The number of aromatic amines is 1. The Bertz CT molecular complexity index is 1400. The maximum absolute atomic E-state index is 15.3. The van der Waals surface area contributed by atoms with Gasteiger partial charge in [0, 0.05) is 24.7 Å². The van der Waals surface area contributed by atoms with Crippen molar-refractivity contribution in [1.82, 2.24) is 20.3 Å². The van der Waals surface area contributed by atoms with E-state index < -0.39 is 5.82 Å². The number of rotatable bonds is 5. The fourth-order valence-corrected chi connectivity index (χ4v) is 4.27. The van der Waals surface area contributed by atoms with Crippen LogP contribution >= 0.6 is 11.6 Å². The monoisotopic (exact) mass is 467 g/mol. The van der Waals surface area contributed by atoms with E-state index in [-0.39, 0.29) is 11.5 Å². The topological polar surface area (TPSA) is 101 Å². The molecule has 0 radical (unpaired) electrons. The summed E-state index contributed by atoms with van der Waals surface area (Å²) in [4.78, 5) is 24.7. The second-order valence-corrected chi connectivity index (χ2v) is 7.79. The van der Waals surface area contributed by atoms with E-state index in [1.807, 2.05) is 0 Å². The van der Waals surface area contributed by atoms with Crippen LogP contribution in [0, 0.1) is 5.82 Å². The number of hydrogen-bond donors (Lipinski definition) is 3. The Balaban J connectivity index is 1.79. The van der Waals surface area contributed by atoms with Crippen molar-refractivity contribution in [1.29, 1.82) is 0 Å². The average Bonchev–Trinajstić information content (AvgIpc) is 3.17. The van der Waals surface area contributed by atoms with Gasteiger partial charge in [-0.3, -0.25) is 9.78 Å². The molecule has 1 aromatic carbocycles. The summed E-state index contributed by atoms with van der Waals surface area (Å²) in [7, 11) is 2.98. The van der Waals surface area contributed by atoms with Crippen molar-refractivity contribution in [3.05, 3.63) is 58.6 Å². The van der Waals surface area contributed by atoms with E-state index in [0.29, 0.717) is 69.0 Å². The number of aromatic nitrogens is 3. The molecule has 0 aliphatic carbocycles. The van der Waals surface area contributed by atoms with Crippen molar-refractivity contribution < 1.29 is 18.7 Å². The Morgan fingerprint density at radius 2 is 2.00 bits per heavy atom. The summed E-state index contributed by atoms with van der Waals surface area (Å²) < 4.78 is 26.0. The molecule has 0 bridgehead atoms. The van der Waals surface area contributed by atoms with Gasteiger partial charge in [0.1, 0.15) is 5.52 Å². The number of methoxy groups -OCH3 is 2. The normalized spacial score (nSPS) is 12.9. The van der Waals surface area contributed by atoms with Crippen LogP contribution in [-0.4, -0.2) is 41.6 Å². The molecule has 33 heavy (non-hydrogen) atoms. The molecule has 0 unspecified atom stereocenters. The number of hydrogen-bond acceptors (Lipinski definition) is 6. The third-order valence-corrected chi connectivity index (χ3v) is 5.79. The van der Waals surface area contributed by atoms with Gasteiger partial charge in [0.05, 0.1) is 59.2 Å². The fourth-order valence-electron chi connectivity index (χ4n) is 4.02. The van der Waals surface area contributed by atoms with Crippen LogP contribution in [0.5, 0.6) is 11.6 Å². The largest absolute Gasteiger partial charge is 0.493 e. The number of nitrogens with one attached hydrogen (secondary N) is 3. The van der Waals surface area contributed by atoms with Gasteiger partial charge in [0.2, 0.25) is 5.88 Å². The van der Waals surface area contributed by atoms with Gasteiger partial charge in [-0.1, -0.05) is 17.7 Å². The molecule has 0 saturated carbocycles. The SMILES string of the molecule is COc1ccc2ncc(F)c(-c3[nH]c4c(c3Nc3cccc(Cl)c3OC)C(=O)NCC4)c2n1. The predicted molar refractivity (Wildman–Crippen MR) is 123 cm³/mol. The molecule has 0 spiro atoms. The molecule has 10 heteroatoms. The van der Waals surface area contributed by atoms with Crippen LogP contribution < -0.4 is 20.1 Å². The number of halogens is 2. The minimum atomic E-state index is -0.594. The van der Waals surface area contributed by atoms with E-state index in [9.17, 15) is 4.79 Å². The number of fused-ring (bicyclic) bond motifs is 2. The number of carbonyl (C=O) groups is 1. The number of para-hydroxylation sites is 1. The number of nitrogens with zero attached hydrogens (tertiary/aromatic N) is 2. The molecule has 0 saturated heterocycles. The van der Waals surface area contributed by atoms with Crippen molar-refractivity contribution in [3.8, 4) is 22.9 Å². The summed E-state index contributed by atoms with van der Waals surface area (Å²) in [5, 5.41) is 6.48. The van der Waals surface area contributed by atoms with Crippen molar-refractivity contribution in [2.45, 2.75) is 6.42 Å². The molecular weight excluding hydrogens is 449 g/mol. The van der Waals surface area contributed by atoms with Gasteiger partial charge in [0.15, 0.2) is 11.6 Å². The van der Waals surface area contributed by atoms with E-state index in [1.54, 1.807) is 30.3 Å². The van der Waals surface area contributed by atoms with Crippen LogP contribution in [0.1, 0.15) is 16.1 Å². The summed E-state index contributed by atoms with van der Waals surface area (Å²) in [5.74, 6) is -0.151. The first kappa shape index (κ1) is 21.0. The van der Waals surface area contributed by atoms with Crippen molar-refractivity contribution in [2.75, 3.05) is 26.1 Å².